The molecule has 46 heavy (non-hydrogen) atoms. The van der Waals surface area contributed by atoms with Gasteiger partial charge in [0, 0.05) is 28.9 Å². The van der Waals surface area contributed by atoms with Crippen LogP contribution in [-0.2, 0) is 12.0 Å². The number of hydrogen-bond donors (Lipinski definition) is 1. The van der Waals surface area contributed by atoms with Gasteiger partial charge in [0.25, 0.3) is 0 Å². The Bertz CT molecular complexity index is 1990. The summed E-state index contributed by atoms with van der Waals surface area (Å²) in [6.07, 6.45) is 11.5. The highest BCUT2D eigenvalue weighted by molar-refractivity contribution is 6.14. The summed E-state index contributed by atoms with van der Waals surface area (Å²) in [4.78, 5) is 14.3. The first-order valence-electron chi connectivity index (χ1n) is 15.6. The molecule has 5 aromatic rings. The van der Waals surface area contributed by atoms with Crippen molar-refractivity contribution in [2.75, 3.05) is 0 Å². The van der Waals surface area contributed by atoms with Crippen LogP contribution in [0.2, 0.25) is 0 Å². The molecule has 1 aromatic heterocycles. The molecule has 4 nitrogen and oxygen atoms in total. The van der Waals surface area contributed by atoms with Crippen LogP contribution >= 0.6 is 0 Å². The monoisotopic (exact) mass is 598 g/mol. The summed E-state index contributed by atoms with van der Waals surface area (Å²) in [5, 5.41) is 0. The third-order valence-electron chi connectivity index (χ3n) is 8.61. The van der Waals surface area contributed by atoms with Gasteiger partial charge in [-0.15, -0.1) is 0 Å². The molecule has 0 saturated heterocycles. The van der Waals surface area contributed by atoms with Gasteiger partial charge in [-0.25, -0.2) is 4.99 Å². The molecule has 4 aromatic carbocycles. The minimum Gasteiger partial charge on any atom is -0.383 e. The van der Waals surface area contributed by atoms with E-state index in [1.165, 1.54) is 22.3 Å². The predicted octanol–water partition coefficient (Wildman–Crippen LogP) is 9.55. The Kier molecular flexibility index (Phi) is 8.71. The van der Waals surface area contributed by atoms with Crippen LogP contribution in [0.1, 0.15) is 54.2 Å². The first kappa shape index (κ1) is 30.4. The third kappa shape index (κ3) is 6.02. The molecule has 1 aliphatic rings. The van der Waals surface area contributed by atoms with Gasteiger partial charge in [-0.3, -0.25) is 9.98 Å². The number of amidine groups is 2. The van der Waals surface area contributed by atoms with Crippen molar-refractivity contribution in [2.45, 2.75) is 32.7 Å². The van der Waals surface area contributed by atoms with Crippen LogP contribution in [0.3, 0.4) is 0 Å². The van der Waals surface area contributed by atoms with Gasteiger partial charge in [0.05, 0.1) is 6.54 Å². The van der Waals surface area contributed by atoms with Crippen LogP contribution in [0.5, 0.6) is 0 Å². The largest absolute Gasteiger partial charge is 0.383 e. The van der Waals surface area contributed by atoms with Crippen molar-refractivity contribution in [1.29, 1.82) is 0 Å². The second-order valence-electron chi connectivity index (χ2n) is 11.9. The average Bonchev–Trinajstić information content (AvgIpc) is 3.33. The van der Waals surface area contributed by atoms with Crippen molar-refractivity contribution in [3.63, 3.8) is 0 Å². The van der Waals surface area contributed by atoms with Gasteiger partial charge < -0.3 is 5.73 Å². The predicted molar refractivity (Wildman–Crippen MR) is 194 cm³/mol. The molecule has 226 valence electrons. The van der Waals surface area contributed by atoms with Gasteiger partial charge in [-0.2, -0.15) is 0 Å². The van der Waals surface area contributed by atoms with E-state index >= 15 is 0 Å². The average molecular weight is 599 g/mol. The fraction of sp³-hybridized carbons (Fsp3) is 0.119. The highest BCUT2D eigenvalue weighted by atomic mass is 15.0. The Balaban J connectivity index is 1.42. The van der Waals surface area contributed by atoms with Gasteiger partial charge >= 0.3 is 0 Å². The molecule has 0 radical (unpaired) electrons. The molecule has 6 rings (SSSR count). The SMILES string of the molecule is C=C/C=C(\C=C/C)c1ccc(CN=C(N=C(N)c2ccc(-c3ccncc3)cc2)c2cccc3c2-c2ccccc2C3(C)C)cc1. The van der Waals surface area contributed by atoms with Crippen LogP contribution in [0, 0.1) is 0 Å². The number of benzene rings is 4. The molecule has 0 fully saturated rings. The molecule has 0 atom stereocenters. The molecule has 0 spiro atoms. The number of aromatic nitrogens is 1. The first-order chi connectivity index (χ1) is 22.4. The smallest absolute Gasteiger partial charge is 0.157 e. The van der Waals surface area contributed by atoms with Gasteiger partial charge in [0.2, 0.25) is 0 Å². The number of pyridine rings is 1. The first-order valence-corrected chi connectivity index (χ1v) is 15.6. The van der Waals surface area contributed by atoms with Crippen molar-refractivity contribution < 1.29 is 0 Å². The van der Waals surface area contributed by atoms with Crippen molar-refractivity contribution in [3.8, 4) is 22.3 Å². The number of nitrogens with two attached hydrogens (primary N) is 1. The molecule has 0 aliphatic heterocycles. The summed E-state index contributed by atoms with van der Waals surface area (Å²) < 4.78 is 0. The Morgan fingerprint density at radius 3 is 2.20 bits per heavy atom. The summed E-state index contributed by atoms with van der Waals surface area (Å²) >= 11 is 0. The zero-order valence-electron chi connectivity index (χ0n) is 26.6. The topological polar surface area (TPSA) is 63.6 Å². The summed E-state index contributed by atoms with van der Waals surface area (Å²) in [6, 6.07) is 35.7. The number of rotatable bonds is 8. The lowest BCUT2D eigenvalue weighted by Crippen LogP contribution is -2.17. The Labute approximate surface area is 272 Å². The second-order valence-corrected chi connectivity index (χ2v) is 11.9. The van der Waals surface area contributed by atoms with Crippen molar-refractivity contribution in [1.82, 2.24) is 4.98 Å². The Morgan fingerprint density at radius 2 is 1.48 bits per heavy atom. The second kappa shape index (κ2) is 13.2. The van der Waals surface area contributed by atoms with E-state index in [0.29, 0.717) is 18.2 Å². The molecular weight excluding hydrogens is 560 g/mol. The molecule has 0 unspecified atom stereocenters. The van der Waals surface area contributed by atoms with Crippen LogP contribution in [0.25, 0.3) is 27.8 Å². The fourth-order valence-corrected chi connectivity index (χ4v) is 6.20. The van der Waals surface area contributed by atoms with Crippen molar-refractivity contribution in [2.24, 2.45) is 15.7 Å². The maximum atomic E-state index is 6.73. The maximum Gasteiger partial charge on any atom is 0.157 e. The van der Waals surface area contributed by atoms with Gasteiger partial charge in [-0.1, -0.05) is 136 Å². The van der Waals surface area contributed by atoms with Gasteiger partial charge in [0.1, 0.15) is 5.84 Å². The molecule has 4 heteroatoms. The van der Waals surface area contributed by atoms with E-state index < -0.39 is 0 Å². The van der Waals surface area contributed by atoms with Crippen LogP contribution < -0.4 is 5.73 Å². The number of allylic oxidation sites excluding steroid dienone is 5. The Morgan fingerprint density at radius 1 is 0.804 bits per heavy atom. The molecular formula is C42H38N4. The molecule has 0 amide bonds. The normalized spacial score (nSPS) is 14.3. The number of fused-ring (bicyclic) bond motifs is 3. The van der Waals surface area contributed by atoms with Gasteiger partial charge in [0.15, 0.2) is 5.84 Å². The summed E-state index contributed by atoms with van der Waals surface area (Å²) in [5.74, 6) is 1.04. The summed E-state index contributed by atoms with van der Waals surface area (Å²) in [5.41, 5.74) is 18.9. The lowest BCUT2D eigenvalue weighted by Gasteiger charge is -2.21. The van der Waals surface area contributed by atoms with Crippen LogP contribution in [0.4, 0.5) is 0 Å². The van der Waals surface area contributed by atoms with Gasteiger partial charge in [-0.05, 0) is 69.1 Å². The highest BCUT2D eigenvalue weighted by Gasteiger charge is 2.37. The standard InChI is InChI=1S/C42H38N4/c1-5-10-30(11-6-2)31-18-16-29(17-19-31)28-45-41(46-40(43)34-22-20-32(21-23-34)33-24-26-44-27-25-33)36-13-9-15-38-39(36)35-12-7-8-14-37(35)42(38,3)4/h5-27H,1,28H2,2-4H3,(H2,43,45,46)/b11-6-,30-10+. The van der Waals surface area contributed by atoms with E-state index in [2.05, 4.69) is 110 Å². The Hall–Kier alpha value is -5.61. The van der Waals surface area contributed by atoms with Crippen LogP contribution in [-0.4, -0.2) is 16.7 Å². The quantitative estimate of drug-likeness (QED) is 0.110. The maximum absolute atomic E-state index is 6.73. The van der Waals surface area contributed by atoms with E-state index in [1.807, 2.05) is 49.4 Å². The number of aliphatic imine (C=N–C) groups is 2. The minimum absolute atomic E-state index is 0.134. The minimum atomic E-state index is -0.134. The van der Waals surface area contributed by atoms with Crippen LogP contribution in [0.15, 0.2) is 156 Å². The lowest BCUT2D eigenvalue weighted by atomic mass is 9.82. The van der Waals surface area contributed by atoms with Crippen molar-refractivity contribution >= 4 is 17.2 Å². The lowest BCUT2D eigenvalue weighted by molar-refractivity contribution is 0.660. The molecule has 1 aliphatic carbocycles. The molecule has 0 saturated carbocycles. The number of nitrogens with zero attached hydrogens (tertiary/aromatic N) is 3. The number of hydrogen-bond acceptors (Lipinski definition) is 2. The molecule has 2 N–H and O–H groups in total. The molecule has 1 heterocycles. The summed E-state index contributed by atoms with van der Waals surface area (Å²) in [7, 11) is 0. The van der Waals surface area contributed by atoms with E-state index in [9.17, 15) is 0 Å². The van der Waals surface area contributed by atoms with E-state index in [0.717, 1.165) is 39.0 Å². The van der Waals surface area contributed by atoms with E-state index in [1.54, 1.807) is 12.4 Å². The zero-order valence-corrected chi connectivity index (χ0v) is 26.6. The third-order valence-corrected chi connectivity index (χ3v) is 8.61. The van der Waals surface area contributed by atoms with E-state index in [-0.39, 0.29) is 5.41 Å². The summed E-state index contributed by atoms with van der Waals surface area (Å²) in [6.45, 7) is 10.9. The zero-order chi connectivity index (χ0) is 32.1. The van der Waals surface area contributed by atoms with Crippen molar-refractivity contribution in [3.05, 3.63) is 180 Å². The molecule has 0 bridgehead atoms. The highest BCUT2D eigenvalue weighted by Crippen LogP contribution is 2.50. The van der Waals surface area contributed by atoms with E-state index in [4.69, 9.17) is 15.7 Å². The fourth-order valence-electron chi connectivity index (χ4n) is 6.20.